The summed E-state index contributed by atoms with van der Waals surface area (Å²) in [5.41, 5.74) is 5.89. The number of ether oxygens (including phenoxy) is 4. The predicted octanol–water partition coefficient (Wildman–Crippen LogP) is 8.00. The fourth-order valence-electron chi connectivity index (χ4n) is 5.74. The van der Waals surface area contributed by atoms with Crippen LogP contribution in [-0.4, -0.2) is 26.6 Å². The zero-order chi connectivity index (χ0) is 29.1. The van der Waals surface area contributed by atoms with E-state index in [0.29, 0.717) is 30.2 Å². The normalized spacial score (nSPS) is 17.2. The number of allylic oxidation sites excluding steroid dienone is 2. The maximum Gasteiger partial charge on any atom is 0.347 e. The Labute approximate surface area is 244 Å². The van der Waals surface area contributed by atoms with Crippen molar-refractivity contribution in [2.24, 2.45) is 0 Å². The van der Waals surface area contributed by atoms with E-state index in [4.69, 9.17) is 18.9 Å². The van der Waals surface area contributed by atoms with Gasteiger partial charge in [-0.25, -0.2) is 0 Å². The molecule has 1 N–H and O–H groups in total. The summed E-state index contributed by atoms with van der Waals surface area (Å²) in [6.07, 6.45) is 5.83. The number of fused-ring (bicyclic) bond motifs is 3. The molecule has 0 amide bonds. The summed E-state index contributed by atoms with van der Waals surface area (Å²) in [6.45, 7) is -2.23. The molecule has 0 spiro atoms. The second-order valence-corrected chi connectivity index (χ2v) is 10.2. The van der Waals surface area contributed by atoms with Crippen LogP contribution < -0.4 is 19.5 Å². The smallest absolute Gasteiger partial charge is 0.347 e. The lowest BCUT2D eigenvalue weighted by Gasteiger charge is -2.38. The van der Waals surface area contributed by atoms with Gasteiger partial charge in [0.25, 0.3) is 0 Å². The number of hydrogen-bond acceptors (Lipinski definition) is 5. The predicted molar refractivity (Wildman–Crippen MR) is 160 cm³/mol. The first-order valence-electron chi connectivity index (χ1n) is 13.8. The topological polar surface area (TPSA) is 49.0 Å². The summed E-state index contributed by atoms with van der Waals surface area (Å²) in [7, 11) is 3.23. The van der Waals surface area contributed by atoms with Crippen molar-refractivity contribution in [3.05, 3.63) is 120 Å². The van der Waals surface area contributed by atoms with E-state index in [1.54, 1.807) is 14.2 Å². The molecule has 42 heavy (non-hydrogen) atoms. The van der Waals surface area contributed by atoms with Gasteiger partial charge in [-0.3, -0.25) is 10.1 Å². The number of methoxy groups -OCH3 is 2. The molecule has 0 radical (unpaired) electrons. The molecule has 0 saturated heterocycles. The van der Waals surface area contributed by atoms with Gasteiger partial charge >= 0.3 is 6.61 Å². The molecule has 4 aromatic rings. The van der Waals surface area contributed by atoms with Crippen LogP contribution in [-0.2, 0) is 17.9 Å². The summed E-state index contributed by atoms with van der Waals surface area (Å²) in [5.74, 6) is 2.07. The summed E-state index contributed by atoms with van der Waals surface area (Å²) in [5, 5.41) is 3.30. The van der Waals surface area contributed by atoms with Gasteiger partial charge in [-0.1, -0.05) is 78.9 Å². The Kier molecular flexibility index (Phi) is 7.78. The van der Waals surface area contributed by atoms with Gasteiger partial charge in [0.2, 0.25) is 0 Å². The van der Waals surface area contributed by atoms with Crippen LogP contribution >= 0.6 is 0 Å². The molecule has 0 bridgehead atoms. The van der Waals surface area contributed by atoms with E-state index in [2.05, 4.69) is 11.4 Å². The first-order chi connectivity index (χ1) is 20.5. The molecule has 1 heterocycles. The van der Waals surface area contributed by atoms with Crippen molar-refractivity contribution in [2.45, 2.75) is 31.9 Å². The van der Waals surface area contributed by atoms with Gasteiger partial charge < -0.3 is 14.2 Å². The van der Waals surface area contributed by atoms with E-state index in [1.807, 2.05) is 97.1 Å². The Bertz CT molecular complexity index is 1650. The number of nitrogens with one attached hydrogen (secondary N) is 1. The van der Waals surface area contributed by atoms with E-state index in [9.17, 15) is 8.78 Å². The highest BCUT2D eigenvalue weighted by Crippen LogP contribution is 2.47. The Morgan fingerprint density at radius 3 is 2.45 bits per heavy atom. The first-order valence-corrected chi connectivity index (χ1v) is 13.8. The summed E-state index contributed by atoms with van der Waals surface area (Å²) >= 11 is 0. The van der Waals surface area contributed by atoms with Gasteiger partial charge in [-0.05, 0) is 57.6 Å². The molecule has 0 fully saturated rings. The zero-order valence-electron chi connectivity index (χ0n) is 23.4. The van der Waals surface area contributed by atoms with Crippen molar-refractivity contribution >= 4 is 5.57 Å². The lowest BCUT2D eigenvalue weighted by molar-refractivity contribution is -0.197. The van der Waals surface area contributed by atoms with Crippen molar-refractivity contribution in [1.82, 2.24) is 5.32 Å². The largest absolute Gasteiger partial charge is 0.493 e. The van der Waals surface area contributed by atoms with Gasteiger partial charge in [-0.2, -0.15) is 8.78 Å². The highest BCUT2D eigenvalue weighted by atomic mass is 19.3. The Morgan fingerprint density at radius 1 is 0.857 bits per heavy atom. The highest BCUT2D eigenvalue weighted by molar-refractivity contribution is 5.91. The van der Waals surface area contributed by atoms with Gasteiger partial charge in [0.1, 0.15) is 12.4 Å². The van der Waals surface area contributed by atoms with Crippen LogP contribution in [0.2, 0.25) is 0 Å². The van der Waals surface area contributed by atoms with Crippen LogP contribution in [0.15, 0.2) is 103 Å². The van der Waals surface area contributed by atoms with Crippen LogP contribution in [0.5, 0.6) is 17.2 Å². The van der Waals surface area contributed by atoms with E-state index < -0.39 is 12.3 Å². The second-order valence-electron chi connectivity index (χ2n) is 10.2. The third kappa shape index (κ3) is 5.29. The molecule has 1 unspecified atom stereocenters. The molecular formula is C35H31F2NO4. The van der Waals surface area contributed by atoms with E-state index >= 15 is 0 Å². The van der Waals surface area contributed by atoms with E-state index in [0.717, 1.165) is 44.7 Å². The Morgan fingerprint density at radius 2 is 1.67 bits per heavy atom. The first kappa shape index (κ1) is 27.7. The monoisotopic (exact) mass is 567 g/mol. The number of hydrogen-bond donors (Lipinski definition) is 1. The standard InChI is InChI=1S/C35H31F2NO4/c1-39-30-17-15-24(20-32(30)40-2)27-11-8-13-31-33(27)28-16-14-25(19-26(28)22-41-31)29-12-6-7-18-35(29,42-34(36)37)38-21-23-9-4-3-5-10-23/h3-17,19-20,34,38H,18,21-22H2,1-2H3. The van der Waals surface area contributed by atoms with Crippen LogP contribution in [0, 0.1) is 0 Å². The molecule has 7 heteroatoms. The molecule has 0 aromatic heterocycles. The van der Waals surface area contributed by atoms with Crippen molar-refractivity contribution in [1.29, 1.82) is 0 Å². The van der Waals surface area contributed by atoms with Gasteiger partial charge in [0, 0.05) is 24.1 Å². The summed E-state index contributed by atoms with van der Waals surface area (Å²) in [4.78, 5) is 0. The van der Waals surface area contributed by atoms with E-state index in [-0.39, 0.29) is 6.42 Å². The van der Waals surface area contributed by atoms with Gasteiger partial charge in [-0.15, -0.1) is 0 Å². The van der Waals surface area contributed by atoms with Crippen LogP contribution in [0.25, 0.3) is 27.8 Å². The minimum absolute atomic E-state index is 0.260. The number of halogens is 2. The molecule has 0 saturated carbocycles. The molecule has 4 aromatic carbocycles. The van der Waals surface area contributed by atoms with Crippen molar-refractivity contribution in [3.63, 3.8) is 0 Å². The number of alkyl halides is 2. The van der Waals surface area contributed by atoms with Crippen LogP contribution in [0.1, 0.15) is 23.1 Å². The third-order valence-corrected chi connectivity index (χ3v) is 7.74. The maximum absolute atomic E-state index is 13.9. The fourth-order valence-corrected chi connectivity index (χ4v) is 5.74. The molecule has 1 atom stereocenters. The maximum atomic E-state index is 13.9. The minimum Gasteiger partial charge on any atom is -0.493 e. The molecule has 214 valence electrons. The minimum atomic E-state index is -2.96. The third-order valence-electron chi connectivity index (χ3n) is 7.74. The van der Waals surface area contributed by atoms with Gasteiger partial charge in [0.15, 0.2) is 17.2 Å². The second kappa shape index (κ2) is 11.8. The lowest BCUT2D eigenvalue weighted by Crippen LogP contribution is -2.49. The SMILES string of the molecule is COc1ccc(-c2cccc3c2-c2ccc(C4=CC=CCC4(NCc4ccccc4)OC(F)F)cc2CO3)cc1OC. The van der Waals surface area contributed by atoms with Crippen LogP contribution in [0.3, 0.4) is 0 Å². The summed E-state index contributed by atoms with van der Waals surface area (Å²) in [6, 6.07) is 27.5. The Hall–Kier alpha value is -4.46. The number of rotatable bonds is 9. The molecular weight excluding hydrogens is 536 g/mol. The van der Waals surface area contributed by atoms with E-state index in [1.165, 1.54) is 0 Å². The fraction of sp³-hybridized carbons (Fsp3) is 0.200. The summed E-state index contributed by atoms with van der Waals surface area (Å²) < 4.78 is 50.3. The van der Waals surface area contributed by atoms with Crippen molar-refractivity contribution < 1.29 is 27.7 Å². The van der Waals surface area contributed by atoms with Crippen LogP contribution in [0.4, 0.5) is 8.78 Å². The molecule has 1 aliphatic heterocycles. The molecule has 2 aliphatic rings. The average molecular weight is 568 g/mol. The molecule has 5 nitrogen and oxygen atoms in total. The molecule has 6 rings (SSSR count). The molecule has 1 aliphatic carbocycles. The Balaban J connectivity index is 1.40. The van der Waals surface area contributed by atoms with Gasteiger partial charge in [0.05, 0.1) is 14.2 Å². The number of benzene rings is 4. The van der Waals surface area contributed by atoms with Crippen molar-refractivity contribution in [3.8, 4) is 39.5 Å². The average Bonchev–Trinajstić information content (AvgIpc) is 3.03. The highest BCUT2D eigenvalue weighted by Gasteiger charge is 2.39. The lowest BCUT2D eigenvalue weighted by atomic mass is 9.84. The quantitative estimate of drug-likeness (QED) is 0.208. The van der Waals surface area contributed by atoms with Crippen molar-refractivity contribution in [2.75, 3.05) is 14.2 Å². The zero-order valence-corrected chi connectivity index (χ0v) is 23.4.